The number of epoxide rings is 1. The zero-order valence-electron chi connectivity index (χ0n) is 21.5. The number of ether oxygens (including phenoxy) is 2. The van der Waals surface area contributed by atoms with Gasteiger partial charge in [0, 0.05) is 5.41 Å². The van der Waals surface area contributed by atoms with E-state index < -0.39 is 39.3 Å². The number of carbonyl (C=O) groups is 2. The molecule has 0 aromatic heterocycles. The van der Waals surface area contributed by atoms with Gasteiger partial charge >= 0.3 is 5.97 Å². The summed E-state index contributed by atoms with van der Waals surface area (Å²) in [4.78, 5) is 25.8. The van der Waals surface area contributed by atoms with Gasteiger partial charge in [-0.05, 0) is 82.6 Å². The Hall–Kier alpha value is -1.28. The number of ketones is 1. The Kier molecular flexibility index (Phi) is 4.66. The molecule has 3 saturated carbocycles. The molecule has 12 atom stereocenters. The predicted octanol–water partition coefficient (Wildman–Crippen LogP) is 2.69. The molecule has 7 heteroatoms. The molecule has 2 heterocycles. The largest absolute Gasteiger partial charge is 0.459 e. The second-order valence-corrected chi connectivity index (χ2v) is 13.3. The molecule has 2 aliphatic heterocycles. The average Bonchev–Trinajstić information content (AvgIpc) is 3.46. The second kappa shape index (κ2) is 6.77. The Bertz CT molecular complexity index is 1020. The maximum absolute atomic E-state index is 13.3. The molecule has 194 valence electrons. The summed E-state index contributed by atoms with van der Waals surface area (Å²) in [5, 5.41) is 36.8. The van der Waals surface area contributed by atoms with Crippen molar-refractivity contribution in [2.45, 2.75) is 114 Å². The monoisotopic (exact) mass is 488 g/mol. The Balaban J connectivity index is 1.37. The van der Waals surface area contributed by atoms with Gasteiger partial charge in [0.25, 0.3) is 0 Å². The molecule has 0 radical (unpaired) electrons. The molecular weight excluding hydrogens is 448 g/mol. The zero-order valence-corrected chi connectivity index (χ0v) is 21.5. The van der Waals surface area contributed by atoms with Crippen molar-refractivity contribution in [2.24, 2.45) is 34.5 Å². The van der Waals surface area contributed by atoms with Crippen molar-refractivity contribution < 1.29 is 34.4 Å². The van der Waals surface area contributed by atoms with Crippen LogP contribution in [-0.2, 0) is 19.1 Å². The smallest absolute Gasteiger partial charge is 0.309 e. The summed E-state index contributed by atoms with van der Waals surface area (Å²) in [5.41, 5.74) is -6.84. The molecule has 0 amide bonds. The Morgan fingerprint density at radius 3 is 2.46 bits per heavy atom. The lowest BCUT2D eigenvalue weighted by Gasteiger charge is -2.63. The van der Waals surface area contributed by atoms with Crippen LogP contribution in [0.4, 0.5) is 0 Å². The molecule has 5 fully saturated rings. The van der Waals surface area contributed by atoms with Crippen molar-refractivity contribution in [1.82, 2.24) is 0 Å². The first kappa shape index (κ1) is 24.1. The summed E-state index contributed by atoms with van der Waals surface area (Å²) in [5.74, 6) is -0.801. The lowest BCUT2D eigenvalue weighted by molar-refractivity contribution is -0.287. The Morgan fingerprint density at radius 2 is 1.77 bits per heavy atom. The number of fused-ring (bicyclic) bond motifs is 4. The van der Waals surface area contributed by atoms with Crippen LogP contribution in [0.3, 0.4) is 0 Å². The van der Waals surface area contributed by atoms with Crippen molar-refractivity contribution in [1.29, 1.82) is 0 Å². The number of rotatable bonds is 2. The number of allylic oxidation sites excluding steroid dienone is 1. The average molecular weight is 489 g/mol. The molecule has 6 aliphatic rings. The van der Waals surface area contributed by atoms with Crippen LogP contribution in [0.5, 0.6) is 0 Å². The first-order valence-electron chi connectivity index (χ1n) is 13.5. The van der Waals surface area contributed by atoms with Crippen molar-refractivity contribution >= 4 is 11.8 Å². The van der Waals surface area contributed by atoms with Crippen molar-refractivity contribution in [3.8, 4) is 0 Å². The molecular formula is C28H40O7. The summed E-state index contributed by atoms with van der Waals surface area (Å²) in [6.45, 7) is 9.28. The SMILES string of the molecule is C[C@H]1C[C@H]([C@](C)(O)[C@]2(O)CC[C@@]3(O)[C@@H]4C[C@H]5O[C@]56CC=CC(=O)[C@]6(C)[C@H]4CC[C@]23C)OC(=O)[C@@H]1C. The maximum atomic E-state index is 13.3. The van der Waals surface area contributed by atoms with E-state index in [9.17, 15) is 24.9 Å². The van der Waals surface area contributed by atoms with Gasteiger partial charge in [-0.25, -0.2) is 0 Å². The zero-order chi connectivity index (χ0) is 25.4. The Morgan fingerprint density at radius 1 is 1.06 bits per heavy atom. The minimum absolute atomic E-state index is 0.0176. The number of hydrogen-bond donors (Lipinski definition) is 3. The van der Waals surface area contributed by atoms with Gasteiger partial charge < -0.3 is 24.8 Å². The normalized spacial score (nSPS) is 58.4. The van der Waals surface area contributed by atoms with Crippen molar-refractivity contribution in [2.75, 3.05) is 0 Å². The standard InChI is InChI=1S/C28H40O7/c1-15-13-20(34-22(30)16(15)2)25(5,31)28(33)12-11-26(32)18-14-21-27(35-21)9-6-7-19(29)24(27,4)17(18)8-10-23(26,28)3/h6-7,15-18,20-21,31-33H,8-14H2,1-5H3/t15-,16+,17-,18+,20+,21+,23-,24-,25-,26+,27+,28-/m0/s1. The number of aliphatic hydroxyl groups is 3. The van der Waals surface area contributed by atoms with E-state index in [1.165, 1.54) is 0 Å². The predicted molar refractivity (Wildman–Crippen MR) is 126 cm³/mol. The molecule has 3 N–H and O–H groups in total. The second-order valence-electron chi connectivity index (χ2n) is 13.3. The highest BCUT2D eigenvalue weighted by Gasteiger charge is 2.82. The van der Waals surface area contributed by atoms with E-state index in [-0.39, 0.29) is 47.9 Å². The molecule has 1 spiro atoms. The fourth-order valence-electron chi connectivity index (χ4n) is 9.58. The van der Waals surface area contributed by atoms with Crippen LogP contribution < -0.4 is 0 Å². The van der Waals surface area contributed by atoms with Crippen LogP contribution in [-0.4, -0.2) is 61.7 Å². The van der Waals surface area contributed by atoms with Crippen LogP contribution in [0.2, 0.25) is 0 Å². The van der Waals surface area contributed by atoms with Gasteiger partial charge in [-0.15, -0.1) is 0 Å². The van der Waals surface area contributed by atoms with E-state index in [2.05, 4.69) is 0 Å². The molecule has 0 bridgehead atoms. The van der Waals surface area contributed by atoms with Gasteiger partial charge in [0.05, 0.1) is 23.0 Å². The third-order valence-electron chi connectivity index (χ3n) is 12.4. The maximum Gasteiger partial charge on any atom is 0.309 e. The van der Waals surface area contributed by atoms with Gasteiger partial charge in [-0.2, -0.15) is 0 Å². The highest BCUT2D eigenvalue weighted by molar-refractivity contribution is 5.97. The quantitative estimate of drug-likeness (QED) is 0.404. The lowest BCUT2D eigenvalue weighted by Crippen LogP contribution is -2.73. The number of esters is 1. The van der Waals surface area contributed by atoms with E-state index in [0.717, 1.165) is 6.42 Å². The third kappa shape index (κ3) is 2.47. The minimum Gasteiger partial charge on any atom is -0.459 e. The van der Waals surface area contributed by atoms with Gasteiger partial charge in [0.1, 0.15) is 22.9 Å². The van der Waals surface area contributed by atoms with E-state index in [1.54, 1.807) is 13.0 Å². The van der Waals surface area contributed by atoms with Gasteiger partial charge in [0.2, 0.25) is 0 Å². The van der Waals surface area contributed by atoms with Gasteiger partial charge in [0.15, 0.2) is 5.78 Å². The summed E-state index contributed by atoms with van der Waals surface area (Å²) < 4.78 is 12.0. The summed E-state index contributed by atoms with van der Waals surface area (Å²) in [6.07, 6.45) is 6.16. The number of carbonyl (C=O) groups excluding carboxylic acids is 2. The van der Waals surface area contributed by atoms with E-state index >= 15 is 0 Å². The fraction of sp³-hybridized carbons (Fsp3) is 0.857. The van der Waals surface area contributed by atoms with Gasteiger partial charge in [-0.1, -0.05) is 26.8 Å². The van der Waals surface area contributed by atoms with Crippen molar-refractivity contribution in [3.05, 3.63) is 12.2 Å². The van der Waals surface area contributed by atoms with Gasteiger partial charge in [-0.3, -0.25) is 9.59 Å². The van der Waals surface area contributed by atoms with E-state index in [1.807, 2.05) is 33.8 Å². The lowest BCUT2D eigenvalue weighted by atomic mass is 9.42. The highest BCUT2D eigenvalue weighted by Crippen LogP contribution is 2.75. The molecule has 0 unspecified atom stereocenters. The third-order valence-corrected chi connectivity index (χ3v) is 12.4. The van der Waals surface area contributed by atoms with E-state index in [0.29, 0.717) is 32.1 Å². The molecule has 4 aliphatic carbocycles. The Labute approximate surface area is 207 Å². The number of hydrogen-bond acceptors (Lipinski definition) is 7. The van der Waals surface area contributed by atoms with E-state index in [4.69, 9.17) is 9.47 Å². The molecule has 35 heavy (non-hydrogen) atoms. The first-order valence-corrected chi connectivity index (χ1v) is 13.5. The van der Waals surface area contributed by atoms with Crippen LogP contribution >= 0.6 is 0 Å². The fourth-order valence-corrected chi connectivity index (χ4v) is 9.58. The summed E-state index contributed by atoms with van der Waals surface area (Å²) in [6, 6.07) is 0. The molecule has 6 rings (SSSR count). The van der Waals surface area contributed by atoms with Crippen LogP contribution in [0.1, 0.15) is 79.6 Å². The topological polar surface area (TPSA) is 117 Å². The highest BCUT2D eigenvalue weighted by atomic mass is 16.6. The first-order chi connectivity index (χ1) is 16.2. The van der Waals surface area contributed by atoms with Crippen LogP contribution in [0.25, 0.3) is 0 Å². The minimum atomic E-state index is -1.73. The van der Waals surface area contributed by atoms with Crippen LogP contribution in [0.15, 0.2) is 12.2 Å². The summed E-state index contributed by atoms with van der Waals surface area (Å²) >= 11 is 0. The molecule has 0 aromatic carbocycles. The molecule has 0 aromatic rings. The van der Waals surface area contributed by atoms with Crippen LogP contribution in [0, 0.1) is 34.5 Å². The number of cyclic esters (lactones) is 1. The molecule has 7 nitrogen and oxygen atoms in total. The van der Waals surface area contributed by atoms with Crippen molar-refractivity contribution in [3.63, 3.8) is 0 Å². The molecule has 2 saturated heterocycles. The summed E-state index contributed by atoms with van der Waals surface area (Å²) in [7, 11) is 0.